The molecule has 4 unspecified atom stereocenters. The summed E-state index contributed by atoms with van der Waals surface area (Å²) in [5.41, 5.74) is -0.782. The van der Waals surface area contributed by atoms with Crippen LogP contribution in [0.5, 0.6) is 0 Å². The average molecular weight is 418 g/mol. The maximum atomic E-state index is 13.8. The highest BCUT2D eigenvalue weighted by atomic mass is 16.5. The van der Waals surface area contributed by atoms with Crippen molar-refractivity contribution in [2.24, 2.45) is 5.92 Å². The van der Waals surface area contributed by atoms with E-state index in [9.17, 15) is 9.59 Å². The lowest BCUT2D eigenvalue weighted by Gasteiger charge is -2.54. The molecule has 2 saturated carbocycles. The predicted molar refractivity (Wildman–Crippen MR) is 115 cm³/mol. The van der Waals surface area contributed by atoms with Crippen LogP contribution >= 0.6 is 0 Å². The number of rotatable bonds is 3. The number of ether oxygens (including phenoxy) is 1. The summed E-state index contributed by atoms with van der Waals surface area (Å²) in [5, 5.41) is 3.39. The van der Waals surface area contributed by atoms with Gasteiger partial charge < -0.3 is 15.0 Å². The highest BCUT2D eigenvalue weighted by Crippen LogP contribution is 2.42. The van der Waals surface area contributed by atoms with Crippen LogP contribution < -0.4 is 5.32 Å². The number of carbonyl (C=O) groups is 2. The van der Waals surface area contributed by atoms with E-state index in [4.69, 9.17) is 4.74 Å². The van der Waals surface area contributed by atoms with Gasteiger partial charge in [0.15, 0.2) is 0 Å². The molecule has 168 valence electrons. The quantitative estimate of drug-likeness (QED) is 0.767. The lowest BCUT2D eigenvalue weighted by atomic mass is 9.83. The number of fused-ring (bicyclic) bond motifs is 3. The standard InChI is InChI=1S/C24H39N3O3/c1-16-8-10-17(11-9-16)25-23(29)24(2)15-26-19-12-13-30-21(19)14-20(26)22(28)27(24)18-6-4-3-5-7-18/h16-21H,3-15H2,1-2H3,(H,25,29). The SMILES string of the molecule is CC1CCC(NC(=O)C2(C)CN3C(CC4OCCC43)C(=O)N2C2CCCCC2)CC1. The predicted octanol–water partition coefficient (Wildman–Crippen LogP) is 2.85. The Morgan fingerprint density at radius 2 is 1.80 bits per heavy atom. The molecule has 5 rings (SSSR count). The number of amides is 2. The van der Waals surface area contributed by atoms with Crippen molar-refractivity contribution in [2.75, 3.05) is 13.2 Å². The monoisotopic (exact) mass is 417 g/mol. The summed E-state index contributed by atoms with van der Waals surface area (Å²) < 4.78 is 5.95. The summed E-state index contributed by atoms with van der Waals surface area (Å²) >= 11 is 0. The first-order valence-electron chi connectivity index (χ1n) is 12.5. The van der Waals surface area contributed by atoms with Crippen LogP contribution in [-0.4, -0.2) is 70.6 Å². The third-order valence-electron chi connectivity index (χ3n) is 8.78. The molecule has 0 aromatic rings. The lowest BCUT2D eigenvalue weighted by molar-refractivity contribution is -0.166. The molecule has 0 spiro atoms. The Kier molecular flexibility index (Phi) is 5.59. The van der Waals surface area contributed by atoms with Crippen molar-refractivity contribution in [2.45, 2.75) is 120 Å². The van der Waals surface area contributed by atoms with Gasteiger partial charge in [-0.15, -0.1) is 0 Å². The second kappa shape index (κ2) is 8.09. The maximum absolute atomic E-state index is 13.8. The highest BCUT2D eigenvalue weighted by Gasteiger charge is 2.59. The Morgan fingerprint density at radius 3 is 2.53 bits per heavy atom. The third-order valence-corrected chi connectivity index (χ3v) is 8.78. The lowest BCUT2D eigenvalue weighted by Crippen LogP contribution is -2.74. The van der Waals surface area contributed by atoms with E-state index in [1.54, 1.807) is 0 Å². The third kappa shape index (κ3) is 3.48. The Bertz CT molecular complexity index is 671. The zero-order chi connectivity index (χ0) is 20.9. The van der Waals surface area contributed by atoms with Crippen molar-refractivity contribution < 1.29 is 14.3 Å². The van der Waals surface area contributed by atoms with Gasteiger partial charge in [-0.25, -0.2) is 0 Å². The Balaban J connectivity index is 1.41. The van der Waals surface area contributed by atoms with E-state index >= 15 is 0 Å². The first-order chi connectivity index (χ1) is 14.5. The van der Waals surface area contributed by atoms with E-state index in [1.807, 2.05) is 6.92 Å². The molecule has 0 aromatic carbocycles. The summed E-state index contributed by atoms with van der Waals surface area (Å²) in [6.07, 6.45) is 12.1. The number of hydrogen-bond donors (Lipinski definition) is 1. The first-order valence-corrected chi connectivity index (χ1v) is 12.5. The number of piperazine rings is 1. The smallest absolute Gasteiger partial charge is 0.247 e. The van der Waals surface area contributed by atoms with Gasteiger partial charge in [0.05, 0.1) is 12.1 Å². The van der Waals surface area contributed by atoms with Crippen LogP contribution in [0.15, 0.2) is 0 Å². The van der Waals surface area contributed by atoms with Crippen molar-refractivity contribution >= 4 is 11.8 Å². The molecule has 30 heavy (non-hydrogen) atoms. The number of nitrogens with one attached hydrogen (secondary N) is 1. The molecule has 0 aromatic heterocycles. The fraction of sp³-hybridized carbons (Fsp3) is 0.917. The van der Waals surface area contributed by atoms with E-state index in [0.717, 1.165) is 63.9 Å². The van der Waals surface area contributed by atoms with Gasteiger partial charge in [-0.3, -0.25) is 14.5 Å². The van der Waals surface area contributed by atoms with Gasteiger partial charge in [0.2, 0.25) is 11.8 Å². The molecule has 1 N–H and O–H groups in total. The molecule has 5 fully saturated rings. The van der Waals surface area contributed by atoms with E-state index in [1.165, 1.54) is 19.3 Å². The van der Waals surface area contributed by atoms with Crippen LogP contribution in [0, 0.1) is 5.92 Å². The minimum Gasteiger partial charge on any atom is -0.376 e. The van der Waals surface area contributed by atoms with Gasteiger partial charge in [-0.2, -0.15) is 0 Å². The second-order valence-electron chi connectivity index (χ2n) is 10.9. The molecule has 0 bridgehead atoms. The molecule has 3 heterocycles. The van der Waals surface area contributed by atoms with Crippen LogP contribution in [-0.2, 0) is 14.3 Å². The van der Waals surface area contributed by atoms with Crippen molar-refractivity contribution in [1.29, 1.82) is 0 Å². The topological polar surface area (TPSA) is 61.9 Å². The molecular weight excluding hydrogens is 378 g/mol. The molecule has 3 saturated heterocycles. The van der Waals surface area contributed by atoms with Gasteiger partial charge in [0.25, 0.3) is 0 Å². The molecule has 2 amide bonds. The number of nitrogens with zero attached hydrogens (tertiary/aromatic N) is 2. The van der Waals surface area contributed by atoms with Crippen molar-refractivity contribution in [3.8, 4) is 0 Å². The van der Waals surface area contributed by atoms with Crippen LogP contribution in [0.25, 0.3) is 0 Å². The molecule has 5 aliphatic rings. The molecule has 3 aliphatic heterocycles. The average Bonchev–Trinajstić information content (AvgIpc) is 3.33. The largest absolute Gasteiger partial charge is 0.376 e. The second-order valence-corrected chi connectivity index (χ2v) is 10.9. The van der Waals surface area contributed by atoms with Gasteiger partial charge in [0.1, 0.15) is 5.54 Å². The summed E-state index contributed by atoms with van der Waals surface area (Å²) in [4.78, 5) is 32.0. The summed E-state index contributed by atoms with van der Waals surface area (Å²) in [5.74, 6) is 1.01. The van der Waals surface area contributed by atoms with E-state index in [-0.39, 0.29) is 36.0 Å². The molecular formula is C24H39N3O3. The van der Waals surface area contributed by atoms with Gasteiger partial charge in [-0.05, 0) is 64.2 Å². The van der Waals surface area contributed by atoms with Crippen molar-refractivity contribution in [3.63, 3.8) is 0 Å². The molecule has 2 aliphatic carbocycles. The molecule has 6 heteroatoms. The van der Waals surface area contributed by atoms with E-state index in [0.29, 0.717) is 12.6 Å². The minimum atomic E-state index is -0.782. The Hall–Kier alpha value is -1.14. The summed E-state index contributed by atoms with van der Waals surface area (Å²) in [7, 11) is 0. The Morgan fingerprint density at radius 1 is 1.07 bits per heavy atom. The minimum absolute atomic E-state index is 0.0711. The normalized spacial score (nSPS) is 42.8. The fourth-order valence-corrected chi connectivity index (χ4v) is 6.98. The van der Waals surface area contributed by atoms with Crippen LogP contribution in [0.4, 0.5) is 0 Å². The highest BCUT2D eigenvalue weighted by molar-refractivity contribution is 5.95. The summed E-state index contributed by atoms with van der Waals surface area (Å²) in [6.45, 7) is 5.78. The van der Waals surface area contributed by atoms with Crippen LogP contribution in [0.2, 0.25) is 0 Å². The van der Waals surface area contributed by atoms with Crippen LogP contribution in [0.3, 0.4) is 0 Å². The fourth-order valence-electron chi connectivity index (χ4n) is 6.98. The van der Waals surface area contributed by atoms with E-state index in [2.05, 4.69) is 22.0 Å². The van der Waals surface area contributed by atoms with Crippen molar-refractivity contribution in [3.05, 3.63) is 0 Å². The molecule has 6 nitrogen and oxygen atoms in total. The zero-order valence-electron chi connectivity index (χ0n) is 18.8. The van der Waals surface area contributed by atoms with Gasteiger partial charge in [-0.1, -0.05) is 26.2 Å². The Labute approximate surface area is 181 Å². The van der Waals surface area contributed by atoms with Gasteiger partial charge >= 0.3 is 0 Å². The maximum Gasteiger partial charge on any atom is 0.247 e. The molecule has 0 radical (unpaired) electrons. The van der Waals surface area contributed by atoms with Crippen molar-refractivity contribution in [1.82, 2.24) is 15.1 Å². The molecule has 4 atom stereocenters. The van der Waals surface area contributed by atoms with Gasteiger partial charge in [0, 0.05) is 31.3 Å². The number of carbonyl (C=O) groups excluding carboxylic acids is 2. The van der Waals surface area contributed by atoms with Crippen LogP contribution in [0.1, 0.15) is 84.5 Å². The van der Waals surface area contributed by atoms with E-state index < -0.39 is 5.54 Å². The number of hydrogen-bond acceptors (Lipinski definition) is 4. The summed E-state index contributed by atoms with van der Waals surface area (Å²) in [6, 6.07) is 0.665. The first kappa shape index (κ1) is 20.7. The zero-order valence-corrected chi connectivity index (χ0v) is 18.8.